The molecule has 0 bridgehead atoms. The zero-order valence-corrected chi connectivity index (χ0v) is 26.0. The lowest BCUT2D eigenvalue weighted by atomic mass is 10.1. The van der Waals surface area contributed by atoms with Gasteiger partial charge in [-0.25, -0.2) is 9.59 Å². The minimum absolute atomic E-state index is 0.0527. The molecule has 43 heavy (non-hydrogen) atoms. The van der Waals surface area contributed by atoms with Crippen molar-refractivity contribution in [1.29, 1.82) is 0 Å². The highest BCUT2D eigenvalue weighted by Gasteiger charge is 2.22. The van der Waals surface area contributed by atoms with Crippen molar-refractivity contribution in [2.45, 2.75) is 0 Å². The zero-order chi connectivity index (χ0) is 31.1. The molecule has 0 amide bonds. The summed E-state index contributed by atoms with van der Waals surface area (Å²) >= 11 is 1.60. The van der Waals surface area contributed by atoms with Crippen LogP contribution in [0.25, 0.3) is 11.1 Å². The molecule has 0 spiro atoms. The summed E-state index contributed by atoms with van der Waals surface area (Å²) in [4.78, 5) is 38.0. The molecular weight excluding hydrogens is 671 g/mol. The molecule has 10 nitrogen and oxygen atoms in total. The van der Waals surface area contributed by atoms with E-state index in [1.165, 1.54) is 53.7 Å². The molecule has 222 valence electrons. The SMILES string of the molecule is COc1cc(OC)c(C(=O)Oc2ccc(-c3ccc(OC(=O)c4cc(OC)c(OC)cc4C(=O)I)cc3)cc2)cc1OC. The van der Waals surface area contributed by atoms with Gasteiger partial charge in [0.2, 0.25) is 3.79 Å². The molecule has 0 N–H and O–H groups in total. The smallest absolute Gasteiger partial charge is 0.347 e. The Bertz CT molecular complexity index is 1650. The molecule has 0 radical (unpaired) electrons. The topological polar surface area (TPSA) is 116 Å². The summed E-state index contributed by atoms with van der Waals surface area (Å²) in [6.45, 7) is 0. The van der Waals surface area contributed by atoms with Crippen LogP contribution in [0.1, 0.15) is 31.1 Å². The van der Waals surface area contributed by atoms with Gasteiger partial charge in [-0.3, -0.25) is 4.79 Å². The maximum absolute atomic E-state index is 13.0. The second-order valence-corrected chi connectivity index (χ2v) is 9.74. The van der Waals surface area contributed by atoms with Crippen LogP contribution in [0.15, 0.2) is 72.8 Å². The van der Waals surface area contributed by atoms with Crippen LogP contribution in [-0.2, 0) is 0 Å². The largest absolute Gasteiger partial charge is 0.496 e. The molecule has 0 unspecified atom stereocenters. The Balaban J connectivity index is 1.47. The molecule has 4 aromatic carbocycles. The molecule has 0 atom stereocenters. The number of methoxy groups -OCH3 is 5. The molecule has 11 heteroatoms. The van der Waals surface area contributed by atoms with Crippen molar-refractivity contribution in [3.8, 4) is 51.4 Å². The highest BCUT2D eigenvalue weighted by atomic mass is 127. The molecule has 0 aromatic heterocycles. The summed E-state index contributed by atoms with van der Waals surface area (Å²) in [5.41, 5.74) is 2.03. The quantitative estimate of drug-likeness (QED) is 0.0754. The number of benzene rings is 4. The fourth-order valence-corrected chi connectivity index (χ4v) is 4.60. The Morgan fingerprint density at radius 3 is 1.21 bits per heavy atom. The van der Waals surface area contributed by atoms with E-state index in [9.17, 15) is 14.4 Å². The molecule has 0 aliphatic rings. The van der Waals surface area contributed by atoms with Gasteiger partial charge >= 0.3 is 11.9 Å². The van der Waals surface area contributed by atoms with Gasteiger partial charge in [-0.15, -0.1) is 0 Å². The van der Waals surface area contributed by atoms with Crippen LogP contribution in [0.3, 0.4) is 0 Å². The predicted octanol–water partition coefficient (Wildman–Crippen LogP) is 6.41. The lowest BCUT2D eigenvalue weighted by molar-refractivity contribution is 0.0722. The van der Waals surface area contributed by atoms with Gasteiger partial charge in [0, 0.05) is 40.3 Å². The average molecular weight is 698 g/mol. The number of hydrogen-bond donors (Lipinski definition) is 0. The number of carbonyl (C=O) groups is 3. The fraction of sp³-hybridized carbons (Fsp3) is 0.156. The van der Waals surface area contributed by atoms with Gasteiger partial charge in [0.05, 0.1) is 41.1 Å². The van der Waals surface area contributed by atoms with Crippen LogP contribution in [0.4, 0.5) is 0 Å². The highest BCUT2D eigenvalue weighted by molar-refractivity contribution is 14.1. The predicted molar refractivity (Wildman–Crippen MR) is 166 cm³/mol. The van der Waals surface area contributed by atoms with E-state index in [4.69, 9.17) is 33.2 Å². The molecule has 0 fully saturated rings. The summed E-state index contributed by atoms with van der Waals surface area (Å²) in [7, 11) is 7.28. The Morgan fingerprint density at radius 1 is 0.465 bits per heavy atom. The first-order valence-corrected chi connectivity index (χ1v) is 13.7. The number of carbonyl (C=O) groups excluding carboxylic acids is 3. The number of ether oxygens (including phenoxy) is 7. The molecule has 0 heterocycles. The van der Waals surface area contributed by atoms with Crippen LogP contribution >= 0.6 is 22.6 Å². The van der Waals surface area contributed by atoms with Crippen molar-refractivity contribution >= 4 is 38.3 Å². The monoisotopic (exact) mass is 698 g/mol. The van der Waals surface area contributed by atoms with Gasteiger partial charge in [-0.2, -0.15) is 0 Å². The molecule has 0 saturated carbocycles. The van der Waals surface area contributed by atoms with Gasteiger partial charge in [-0.1, -0.05) is 24.3 Å². The second kappa shape index (κ2) is 13.9. The maximum Gasteiger partial charge on any atom is 0.347 e. The van der Waals surface area contributed by atoms with Crippen molar-refractivity contribution in [2.24, 2.45) is 0 Å². The van der Waals surface area contributed by atoms with Crippen molar-refractivity contribution < 1.29 is 47.5 Å². The van der Waals surface area contributed by atoms with E-state index in [1.807, 2.05) is 0 Å². The molecule has 4 rings (SSSR count). The number of hydrogen-bond acceptors (Lipinski definition) is 10. The molecule has 0 saturated heterocycles. The Labute approximate surface area is 261 Å². The van der Waals surface area contributed by atoms with E-state index < -0.39 is 11.9 Å². The highest BCUT2D eigenvalue weighted by Crippen LogP contribution is 2.36. The fourth-order valence-electron chi connectivity index (χ4n) is 4.15. The van der Waals surface area contributed by atoms with Crippen LogP contribution in [0.2, 0.25) is 0 Å². The summed E-state index contributed by atoms with van der Waals surface area (Å²) in [6.07, 6.45) is 0. The third-order valence-electron chi connectivity index (χ3n) is 6.34. The third kappa shape index (κ3) is 7.00. The molecule has 4 aromatic rings. The van der Waals surface area contributed by atoms with E-state index in [1.54, 1.807) is 77.2 Å². The average Bonchev–Trinajstić information content (AvgIpc) is 3.03. The van der Waals surface area contributed by atoms with Gasteiger partial charge in [0.1, 0.15) is 22.8 Å². The first-order chi connectivity index (χ1) is 20.7. The van der Waals surface area contributed by atoms with Gasteiger partial charge in [0.25, 0.3) is 0 Å². The lowest BCUT2D eigenvalue weighted by Crippen LogP contribution is -2.13. The third-order valence-corrected chi connectivity index (χ3v) is 6.93. The number of rotatable bonds is 11. The zero-order valence-electron chi connectivity index (χ0n) is 23.9. The summed E-state index contributed by atoms with van der Waals surface area (Å²) in [5, 5.41) is 0. The summed E-state index contributed by atoms with van der Waals surface area (Å²) in [6, 6.07) is 19.6. The molecule has 0 aliphatic carbocycles. The maximum atomic E-state index is 13.0. The number of halogens is 1. The summed E-state index contributed by atoms with van der Waals surface area (Å²) in [5.74, 6) is 0.947. The van der Waals surface area contributed by atoms with Crippen LogP contribution in [0.5, 0.6) is 40.2 Å². The van der Waals surface area contributed by atoms with Crippen molar-refractivity contribution in [3.63, 3.8) is 0 Å². The minimum Gasteiger partial charge on any atom is -0.496 e. The Kier molecular flexibility index (Phi) is 10.1. The Morgan fingerprint density at radius 2 is 0.814 bits per heavy atom. The Hall–Kier alpha value is -4.78. The van der Waals surface area contributed by atoms with E-state index in [0.29, 0.717) is 28.7 Å². The normalized spacial score (nSPS) is 10.4. The van der Waals surface area contributed by atoms with E-state index >= 15 is 0 Å². The summed E-state index contributed by atoms with van der Waals surface area (Å²) < 4.78 is 37.1. The van der Waals surface area contributed by atoms with Gasteiger partial charge in [0.15, 0.2) is 23.0 Å². The van der Waals surface area contributed by atoms with Gasteiger partial charge in [-0.05, 0) is 47.5 Å². The van der Waals surface area contributed by atoms with Crippen LogP contribution < -0.4 is 33.2 Å². The molecule has 0 aliphatic heterocycles. The van der Waals surface area contributed by atoms with Crippen molar-refractivity contribution in [1.82, 2.24) is 0 Å². The lowest BCUT2D eigenvalue weighted by Gasteiger charge is -2.14. The first-order valence-electron chi connectivity index (χ1n) is 12.6. The standard InChI is InChI=1S/C32H27IO10/c1-37-25-17-29(41-5)28(40-4)16-24(25)32(36)43-21-12-8-19(9-13-21)18-6-10-20(11-7-18)42-31(35)23-15-27(39-3)26(38-2)14-22(23)30(33)34/h6-17H,1-5H3. The second-order valence-electron chi connectivity index (χ2n) is 8.76. The van der Waals surface area contributed by atoms with Gasteiger partial charge < -0.3 is 33.2 Å². The number of esters is 2. The van der Waals surface area contributed by atoms with Crippen molar-refractivity contribution in [3.05, 3.63) is 89.5 Å². The van der Waals surface area contributed by atoms with Crippen LogP contribution in [-0.4, -0.2) is 51.3 Å². The minimum atomic E-state index is -0.717. The van der Waals surface area contributed by atoms with E-state index in [-0.39, 0.29) is 32.0 Å². The van der Waals surface area contributed by atoms with Crippen LogP contribution in [0, 0.1) is 0 Å². The van der Waals surface area contributed by atoms with Crippen molar-refractivity contribution in [2.75, 3.05) is 35.5 Å². The molecular formula is C32H27IO10. The first kappa shape index (κ1) is 31.2. The van der Waals surface area contributed by atoms with E-state index in [2.05, 4.69) is 0 Å². The van der Waals surface area contributed by atoms with E-state index in [0.717, 1.165) is 11.1 Å².